The molecule has 0 heterocycles. The number of unbranched alkanes of at least 4 members (excludes halogenated alkanes) is 7. The Morgan fingerprint density at radius 3 is 2.08 bits per heavy atom. The number of esters is 1. The van der Waals surface area contributed by atoms with E-state index in [-0.39, 0.29) is 18.5 Å². The Balaban J connectivity index is 4.12. The number of rotatable bonds is 14. The second-order valence-electron chi connectivity index (χ2n) is 7.01. The van der Waals surface area contributed by atoms with Crippen LogP contribution in [0.4, 0.5) is 4.79 Å². The summed E-state index contributed by atoms with van der Waals surface area (Å²) in [7, 11) is 1.56. The molecule has 0 fully saturated rings. The first-order valence-electron chi connectivity index (χ1n) is 9.95. The third-order valence-electron chi connectivity index (χ3n) is 4.29. The summed E-state index contributed by atoms with van der Waals surface area (Å²) in [6, 6.07) is -0.651. The van der Waals surface area contributed by atoms with Crippen molar-refractivity contribution in [2.75, 3.05) is 20.3 Å². The molecule has 150 valence electrons. The minimum Gasteiger partial charge on any atom is -0.464 e. The van der Waals surface area contributed by atoms with Crippen LogP contribution in [0.15, 0.2) is 0 Å². The van der Waals surface area contributed by atoms with E-state index in [2.05, 4.69) is 12.8 Å². The van der Waals surface area contributed by atoms with E-state index in [0.717, 1.165) is 12.8 Å². The summed E-state index contributed by atoms with van der Waals surface area (Å²) in [5.41, 5.74) is 0. The molecule has 0 rings (SSSR count). The second-order valence-corrected chi connectivity index (χ2v) is 7.01. The van der Waals surface area contributed by atoms with Crippen molar-refractivity contribution in [3.8, 4) is 12.3 Å². The highest BCUT2D eigenvalue weighted by molar-refractivity contribution is 5.81. The molecule has 0 saturated heterocycles. The number of carbonyl (C=O) groups excluding carboxylic acids is 2. The zero-order chi connectivity index (χ0) is 19.8. The predicted octanol–water partition coefficient (Wildman–Crippen LogP) is 4.79. The van der Waals surface area contributed by atoms with Crippen molar-refractivity contribution in [2.45, 2.75) is 84.6 Å². The molecule has 5 heteroatoms. The SMILES string of the molecule is C#CCCOC(=O)N(C)C(C(=O)OCCCCCCCCCC)C(C)C. The molecular formula is C21H37NO4. The van der Waals surface area contributed by atoms with E-state index >= 15 is 0 Å². The van der Waals surface area contributed by atoms with Crippen LogP contribution in [-0.2, 0) is 14.3 Å². The lowest BCUT2D eigenvalue weighted by Gasteiger charge is -2.28. The van der Waals surface area contributed by atoms with Crippen LogP contribution in [0, 0.1) is 18.3 Å². The van der Waals surface area contributed by atoms with E-state index in [9.17, 15) is 9.59 Å². The molecule has 0 spiro atoms. The fourth-order valence-electron chi connectivity index (χ4n) is 2.78. The normalized spacial score (nSPS) is 11.7. The Labute approximate surface area is 159 Å². The average molecular weight is 368 g/mol. The number of ether oxygens (including phenoxy) is 2. The first kappa shape index (κ1) is 24.3. The summed E-state index contributed by atoms with van der Waals surface area (Å²) in [6.45, 7) is 6.53. The highest BCUT2D eigenvalue weighted by atomic mass is 16.6. The van der Waals surface area contributed by atoms with E-state index in [0.29, 0.717) is 13.0 Å². The molecule has 0 aliphatic heterocycles. The molecule has 0 aromatic carbocycles. The standard InChI is InChI=1S/C21H37NO4/c1-6-8-10-11-12-13-14-15-17-25-20(23)19(18(3)4)22(5)21(24)26-16-9-7-2/h2,18-19H,6,8-17H2,1,3-5H3. The summed E-state index contributed by atoms with van der Waals surface area (Å²) in [5, 5.41) is 0. The molecule has 0 saturated carbocycles. The van der Waals surface area contributed by atoms with Gasteiger partial charge in [-0.3, -0.25) is 4.90 Å². The molecule has 26 heavy (non-hydrogen) atoms. The summed E-state index contributed by atoms with van der Waals surface area (Å²) in [5.74, 6) is 1.97. The molecule has 0 aliphatic rings. The van der Waals surface area contributed by atoms with Crippen molar-refractivity contribution in [1.82, 2.24) is 4.90 Å². The lowest BCUT2D eigenvalue weighted by Crippen LogP contribution is -2.46. The third kappa shape index (κ3) is 11.0. The number of terminal acetylenes is 1. The fourth-order valence-corrected chi connectivity index (χ4v) is 2.78. The van der Waals surface area contributed by atoms with Crippen LogP contribution in [-0.4, -0.2) is 43.3 Å². The van der Waals surface area contributed by atoms with Crippen LogP contribution in [0.25, 0.3) is 0 Å². The maximum absolute atomic E-state index is 12.4. The topological polar surface area (TPSA) is 55.8 Å². The van der Waals surface area contributed by atoms with Crippen molar-refractivity contribution in [2.24, 2.45) is 5.92 Å². The number of hydrogen-bond donors (Lipinski definition) is 0. The molecule has 1 atom stereocenters. The van der Waals surface area contributed by atoms with E-state index in [1.54, 1.807) is 7.05 Å². The molecule has 1 amide bonds. The highest BCUT2D eigenvalue weighted by Gasteiger charge is 2.31. The largest absolute Gasteiger partial charge is 0.464 e. The Morgan fingerprint density at radius 1 is 0.962 bits per heavy atom. The number of likely N-dealkylation sites (N-methyl/N-ethyl adjacent to an activating group) is 1. The molecule has 0 aliphatic carbocycles. The molecule has 0 aromatic heterocycles. The summed E-state index contributed by atoms with van der Waals surface area (Å²) < 4.78 is 10.4. The number of carbonyl (C=O) groups is 2. The Morgan fingerprint density at radius 2 is 1.54 bits per heavy atom. The van der Waals surface area contributed by atoms with Gasteiger partial charge in [0.1, 0.15) is 12.6 Å². The van der Waals surface area contributed by atoms with Gasteiger partial charge in [0.15, 0.2) is 0 Å². The number of nitrogens with zero attached hydrogens (tertiary/aromatic N) is 1. The van der Waals surface area contributed by atoms with Crippen LogP contribution in [0.5, 0.6) is 0 Å². The van der Waals surface area contributed by atoms with Gasteiger partial charge in [-0.2, -0.15) is 0 Å². The predicted molar refractivity (Wildman–Crippen MR) is 105 cm³/mol. The second kappa shape index (κ2) is 15.5. The van der Waals surface area contributed by atoms with Crippen LogP contribution in [0.1, 0.15) is 78.6 Å². The molecule has 0 aromatic rings. The van der Waals surface area contributed by atoms with E-state index in [1.807, 2.05) is 13.8 Å². The maximum atomic E-state index is 12.4. The summed E-state index contributed by atoms with van der Waals surface area (Å²) in [6.07, 6.45) is 14.5. The highest BCUT2D eigenvalue weighted by Crippen LogP contribution is 2.14. The van der Waals surface area contributed by atoms with Crippen molar-refractivity contribution in [3.05, 3.63) is 0 Å². The Hall–Kier alpha value is -1.70. The van der Waals surface area contributed by atoms with Gasteiger partial charge in [0.05, 0.1) is 6.61 Å². The van der Waals surface area contributed by atoms with Crippen LogP contribution in [0.2, 0.25) is 0 Å². The lowest BCUT2D eigenvalue weighted by molar-refractivity contribution is -0.150. The minimum absolute atomic E-state index is 0.0637. The summed E-state index contributed by atoms with van der Waals surface area (Å²) in [4.78, 5) is 25.7. The molecule has 0 bridgehead atoms. The van der Waals surface area contributed by atoms with Crippen molar-refractivity contribution >= 4 is 12.1 Å². The van der Waals surface area contributed by atoms with Crippen molar-refractivity contribution in [3.63, 3.8) is 0 Å². The zero-order valence-electron chi connectivity index (χ0n) is 17.1. The van der Waals surface area contributed by atoms with Gasteiger partial charge in [0.2, 0.25) is 0 Å². The van der Waals surface area contributed by atoms with Crippen molar-refractivity contribution < 1.29 is 19.1 Å². The van der Waals surface area contributed by atoms with Gasteiger partial charge in [-0.05, 0) is 12.3 Å². The first-order chi connectivity index (χ1) is 12.5. The molecule has 5 nitrogen and oxygen atoms in total. The van der Waals surface area contributed by atoms with Gasteiger partial charge in [-0.15, -0.1) is 12.3 Å². The van der Waals surface area contributed by atoms with Crippen molar-refractivity contribution in [1.29, 1.82) is 0 Å². The van der Waals surface area contributed by atoms with E-state index in [4.69, 9.17) is 15.9 Å². The molecule has 0 N–H and O–H groups in total. The minimum atomic E-state index is -0.651. The Bertz CT molecular complexity index is 428. The van der Waals surface area contributed by atoms with E-state index < -0.39 is 12.1 Å². The van der Waals surface area contributed by atoms with Crippen LogP contribution < -0.4 is 0 Å². The maximum Gasteiger partial charge on any atom is 0.410 e. The smallest absolute Gasteiger partial charge is 0.410 e. The van der Waals surface area contributed by atoms with Gasteiger partial charge in [-0.1, -0.05) is 65.7 Å². The third-order valence-corrected chi connectivity index (χ3v) is 4.29. The average Bonchev–Trinajstić information content (AvgIpc) is 2.60. The lowest BCUT2D eigenvalue weighted by atomic mass is 10.0. The Kier molecular flexibility index (Phi) is 14.5. The van der Waals surface area contributed by atoms with Gasteiger partial charge >= 0.3 is 12.1 Å². The number of hydrogen-bond acceptors (Lipinski definition) is 4. The quantitative estimate of drug-likeness (QED) is 0.252. The number of amides is 1. The molecular weight excluding hydrogens is 330 g/mol. The summed E-state index contributed by atoms with van der Waals surface area (Å²) >= 11 is 0. The molecule has 1 unspecified atom stereocenters. The molecule has 0 radical (unpaired) electrons. The van der Waals surface area contributed by atoms with Gasteiger partial charge in [-0.25, -0.2) is 9.59 Å². The monoisotopic (exact) mass is 367 g/mol. The zero-order valence-corrected chi connectivity index (χ0v) is 17.1. The van der Waals surface area contributed by atoms with Gasteiger partial charge in [0.25, 0.3) is 0 Å². The van der Waals surface area contributed by atoms with Crippen LogP contribution >= 0.6 is 0 Å². The van der Waals surface area contributed by atoms with Gasteiger partial charge < -0.3 is 9.47 Å². The fraction of sp³-hybridized carbons (Fsp3) is 0.810. The first-order valence-corrected chi connectivity index (χ1v) is 9.95. The van der Waals surface area contributed by atoms with Crippen LogP contribution in [0.3, 0.4) is 0 Å². The van der Waals surface area contributed by atoms with Gasteiger partial charge in [0, 0.05) is 13.5 Å². The van der Waals surface area contributed by atoms with E-state index in [1.165, 1.54) is 43.4 Å².